The Balaban J connectivity index is 2.16. The Kier molecular flexibility index (Phi) is 4.94. The molecule has 0 bridgehead atoms. The van der Waals surface area contributed by atoms with E-state index >= 15 is 0 Å². The maximum absolute atomic E-state index is 12.2. The van der Waals surface area contributed by atoms with E-state index in [4.69, 9.17) is 5.11 Å². The van der Waals surface area contributed by atoms with Gasteiger partial charge >= 0.3 is 5.97 Å². The molecule has 5 nitrogen and oxygen atoms in total. The van der Waals surface area contributed by atoms with E-state index in [1.54, 1.807) is 23.9 Å². The van der Waals surface area contributed by atoms with Crippen molar-refractivity contribution in [2.45, 2.75) is 5.75 Å². The molecule has 0 atom stereocenters. The summed E-state index contributed by atoms with van der Waals surface area (Å²) in [6.45, 7) is 0. The van der Waals surface area contributed by atoms with Crippen LogP contribution in [0.2, 0.25) is 0 Å². The normalized spacial score (nSPS) is 10.1. The molecule has 0 aliphatic rings. The lowest BCUT2D eigenvalue weighted by Gasteiger charge is -2.07. The first-order valence-electron chi connectivity index (χ1n) is 6.18. The minimum absolute atomic E-state index is 0.107. The Hall–Kier alpha value is -2.34. The Morgan fingerprint density at radius 1 is 1.29 bits per heavy atom. The molecule has 2 rings (SSSR count). The summed E-state index contributed by atoms with van der Waals surface area (Å²) in [6.07, 6.45) is 3.35. The number of nitrogens with one attached hydrogen (secondary N) is 1. The van der Waals surface area contributed by atoms with Crippen molar-refractivity contribution >= 4 is 29.3 Å². The Morgan fingerprint density at radius 3 is 2.81 bits per heavy atom. The second kappa shape index (κ2) is 6.90. The molecule has 2 aromatic rings. The molecule has 0 aliphatic carbocycles. The van der Waals surface area contributed by atoms with Crippen LogP contribution in [0.25, 0.3) is 0 Å². The standard InChI is InChI=1S/C15H14N2O3S/c1-21-9-10-3-2-4-11(7-10)14(18)17-12-5-6-16-13(8-12)15(19)20/h2-8H,9H2,1H3,(H,19,20)(H,16,17,18). The number of pyridine rings is 1. The molecule has 1 aromatic carbocycles. The number of carbonyl (C=O) groups excluding carboxylic acids is 1. The van der Waals surface area contributed by atoms with Crippen LogP contribution in [0.5, 0.6) is 0 Å². The molecule has 21 heavy (non-hydrogen) atoms. The van der Waals surface area contributed by atoms with Crippen molar-refractivity contribution in [1.82, 2.24) is 4.98 Å². The van der Waals surface area contributed by atoms with Crippen LogP contribution < -0.4 is 5.32 Å². The predicted octanol–water partition coefficient (Wildman–Crippen LogP) is 2.90. The lowest BCUT2D eigenvalue weighted by Crippen LogP contribution is -2.13. The molecule has 1 heterocycles. The maximum Gasteiger partial charge on any atom is 0.354 e. The van der Waals surface area contributed by atoms with Crippen LogP contribution in [0.15, 0.2) is 42.6 Å². The third-order valence-corrected chi connectivity index (χ3v) is 3.36. The van der Waals surface area contributed by atoms with Gasteiger partial charge in [-0.15, -0.1) is 0 Å². The van der Waals surface area contributed by atoms with Crippen molar-refractivity contribution in [2.75, 3.05) is 11.6 Å². The van der Waals surface area contributed by atoms with Gasteiger partial charge in [0.25, 0.3) is 5.91 Å². The first-order chi connectivity index (χ1) is 10.1. The maximum atomic E-state index is 12.2. The van der Waals surface area contributed by atoms with Crippen molar-refractivity contribution in [3.63, 3.8) is 0 Å². The van der Waals surface area contributed by atoms with Crippen LogP contribution in [-0.2, 0) is 5.75 Å². The summed E-state index contributed by atoms with van der Waals surface area (Å²) < 4.78 is 0. The molecule has 0 spiro atoms. The van der Waals surface area contributed by atoms with Crippen molar-refractivity contribution in [3.8, 4) is 0 Å². The smallest absolute Gasteiger partial charge is 0.354 e. The number of nitrogens with zero attached hydrogens (tertiary/aromatic N) is 1. The van der Waals surface area contributed by atoms with Crippen LogP contribution in [0.4, 0.5) is 5.69 Å². The third-order valence-electron chi connectivity index (χ3n) is 2.74. The average Bonchev–Trinajstić information content (AvgIpc) is 2.48. The van der Waals surface area contributed by atoms with Gasteiger partial charge in [-0.3, -0.25) is 4.79 Å². The van der Waals surface area contributed by atoms with E-state index in [-0.39, 0.29) is 11.6 Å². The highest BCUT2D eigenvalue weighted by atomic mass is 32.2. The second-order valence-electron chi connectivity index (χ2n) is 4.32. The lowest BCUT2D eigenvalue weighted by atomic mass is 10.1. The molecular formula is C15H14N2O3S. The SMILES string of the molecule is CSCc1cccc(C(=O)Nc2ccnc(C(=O)O)c2)c1. The van der Waals surface area contributed by atoms with E-state index in [0.29, 0.717) is 11.3 Å². The van der Waals surface area contributed by atoms with E-state index in [1.807, 2.05) is 24.5 Å². The zero-order valence-corrected chi connectivity index (χ0v) is 12.2. The zero-order chi connectivity index (χ0) is 15.2. The van der Waals surface area contributed by atoms with Gasteiger partial charge in [0.05, 0.1) is 0 Å². The Bertz CT molecular complexity index is 673. The van der Waals surface area contributed by atoms with Gasteiger partial charge in [-0.1, -0.05) is 12.1 Å². The molecule has 1 amide bonds. The Morgan fingerprint density at radius 2 is 2.10 bits per heavy atom. The molecule has 0 saturated carbocycles. The first-order valence-corrected chi connectivity index (χ1v) is 7.58. The van der Waals surface area contributed by atoms with Crippen LogP contribution in [0, 0.1) is 0 Å². The number of hydrogen-bond acceptors (Lipinski definition) is 4. The van der Waals surface area contributed by atoms with Gasteiger partial charge in [0.1, 0.15) is 5.69 Å². The monoisotopic (exact) mass is 302 g/mol. The summed E-state index contributed by atoms with van der Waals surface area (Å²) in [7, 11) is 0. The molecule has 1 aromatic heterocycles. The molecular weight excluding hydrogens is 288 g/mol. The van der Waals surface area contributed by atoms with E-state index < -0.39 is 5.97 Å². The number of amides is 1. The summed E-state index contributed by atoms with van der Waals surface area (Å²) in [4.78, 5) is 26.7. The fraction of sp³-hybridized carbons (Fsp3) is 0.133. The van der Waals surface area contributed by atoms with Gasteiger partial charge in [0.15, 0.2) is 0 Å². The Labute approximate surface area is 126 Å². The number of thioether (sulfide) groups is 1. The first kappa shape index (κ1) is 15.1. The van der Waals surface area contributed by atoms with E-state index in [0.717, 1.165) is 11.3 Å². The fourth-order valence-corrected chi connectivity index (χ4v) is 2.31. The average molecular weight is 302 g/mol. The van der Waals surface area contributed by atoms with Gasteiger partial charge < -0.3 is 10.4 Å². The number of carbonyl (C=O) groups is 2. The fourth-order valence-electron chi connectivity index (χ4n) is 1.80. The molecule has 6 heteroatoms. The number of carboxylic acid groups (broad SMARTS) is 1. The molecule has 0 radical (unpaired) electrons. The highest BCUT2D eigenvalue weighted by Gasteiger charge is 2.09. The molecule has 108 valence electrons. The number of aromatic carboxylic acids is 1. The number of benzene rings is 1. The number of aromatic nitrogens is 1. The lowest BCUT2D eigenvalue weighted by molar-refractivity contribution is 0.0690. The molecule has 0 aliphatic heterocycles. The number of hydrogen-bond donors (Lipinski definition) is 2. The van der Waals surface area contributed by atoms with Crippen molar-refractivity contribution < 1.29 is 14.7 Å². The van der Waals surface area contributed by atoms with Crippen LogP contribution in [0.1, 0.15) is 26.4 Å². The molecule has 0 fully saturated rings. The highest BCUT2D eigenvalue weighted by molar-refractivity contribution is 7.97. The van der Waals surface area contributed by atoms with Gasteiger partial charge in [-0.25, -0.2) is 9.78 Å². The number of anilines is 1. The predicted molar refractivity (Wildman–Crippen MR) is 82.8 cm³/mol. The topological polar surface area (TPSA) is 79.3 Å². The summed E-state index contributed by atoms with van der Waals surface area (Å²) >= 11 is 1.68. The minimum Gasteiger partial charge on any atom is -0.477 e. The van der Waals surface area contributed by atoms with Gasteiger partial charge in [-0.2, -0.15) is 11.8 Å². The van der Waals surface area contributed by atoms with Crippen molar-refractivity contribution in [3.05, 3.63) is 59.4 Å². The molecule has 2 N–H and O–H groups in total. The minimum atomic E-state index is -1.13. The van der Waals surface area contributed by atoms with Gasteiger partial charge in [0, 0.05) is 23.2 Å². The van der Waals surface area contributed by atoms with E-state index in [1.165, 1.54) is 12.3 Å². The van der Waals surface area contributed by atoms with Crippen molar-refractivity contribution in [2.24, 2.45) is 0 Å². The number of rotatable bonds is 5. The number of carboxylic acids is 1. The quantitative estimate of drug-likeness (QED) is 0.887. The van der Waals surface area contributed by atoms with E-state index in [2.05, 4.69) is 10.3 Å². The summed E-state index contributed by atoms with van der Waals surface area (Å²) in [5.74, 6) is -0.576. The summed E-state index contributed by atoms with van der Waals surface area (Å²) in [5.41, 5.74) is 1.90. The zero-order valence-electron chi connectivity index (χ0n) is 11.4. The molecule has 0 unspecified atom stereocenters. The second-order valence-corrected chi connectivity index (χ2v) is 5.19. The summed E-state index contributed by atoms with van der Waals surface area (Å²) in [5, 5.41) is 11.6. The third kappa shape index (κ3) is 4.06. The van der Waals surface area contributed by atoms with Crippen LogP contribution in [-0.4, -0.2) is 28.2 Å². The summed E-state index contributed by atoms with van der Waals surface area (Å²) in [6, 6.07) is 10.2. The molecule has 0 saturated heterocycles. The van der Waals surface area contributed by atoms with E-state index in [9.17, 15) is 9.59 Å². The highest BCUT2D eigenvalue weighted by Crippen LogP contribution is 2.14. The van der Waals surface area contributed by atoms with Gasteiger partial charge in [-0.05, 0) is 36.1 Å². The van der Waals surface area contributed by atoms with Crippen LogP contribution in [0.3, 0.4) is 0 Å². The largest absolute Gasteiger partial charge is 0.477 e. The van der Waals surface area contributed by atoms with Gasteiger partial charge in [0.2, 0.25) is 0 Å². The van der Waals surface area contributed by atoms with Crippen molar-refractivity contribution in [1.29, 1.82) is 0 Å². The van der Waals surface area contributed by atoms with Crippen LogP contribution >= 0.6 is 11.8 Å².